The lowest BCUT2D eigenvalue weighted by atomic mass is 9.88. The summed E-state index contributed by atoms with van der Waals surface area (Å²) >= 11 is 4.35. The van der Waals surface area contributed by atoms with Crippen LogP contribution in [0.15, 0.2) is 12.4 Å². The Labute approximate surface area is 134 Å². The van der Waals surface area contributed by atoms with Gasteiger partial charge in [-0.3, -0.25) is 10.1 Å². The van der Waals surface area contributed by atoms with Crippen molar-refractivity contribution in [3.05, 3.63) is 16.0 Å². The topological polar surface area (TPSA) is 64.1 Å². The van der Waals surface area contributed by atoms with E-state index in [-0.39, 0.29) is 11.3 Å². The van der Waals surface area contributed by atoms with E-state index in [1.807, 2.05) is 13.8 Å². The predicted molar refractivity (Wildman–Crippen MR) is 86.8 cm³/mol. The van der Waals surface area contributed by atoms with Crippen LogP contribution in [-0.4, -0.2) is 33.5 Å². The fourth-order valence-corrected chi connectivity index (χ4v) is 2.08. The molecule has 0 aromatic carbocycles. The molecule has 1 aromatic heterocycles. The van der Waals surface area contributed by atoms with Crippen LogP contribution in [-0.2, 0) is 9.53 Å². The molecule has 1 N–H and O–H groups in total. The summed E-state index contributed by atoms with van der Waals surface area (Å²) < 4.78 is 7.02. The van der Waals surface area contributed by atoms with Crippen LogP contribution in [0.5, 0.6) is 0 Å². The highest BCUT2D eigenvalue weighted by molar-refractivity contribution is 14.1. The Hall–Kier alpha value is -0.0300. The fraction of sp³-hybridized carbons (Fsp3) is 0.545. The molecule has 1 atom stereocenters. The van der Waals surface area contributed by atoms with Crippen LogP contribution in [0.3, 0.4) is 0 Å². The number of methoxy groups -OCH3 is 1. The van der Waals surface area contributed by atoms with Crippen LogP contribution >= 0.6 is 45.2 Å². The minimum atomic E-state index is -0.530. The highest BCUT2D eigenvalue weighted by Gasteiger charge is 2.34. The minimum absolute atomic E-state index is 0.222. The van der Waals surface area contributed by atoms with Gasteiger partial charge in [0.15, 0.2) is 0 Å². The van der Waals surface area contributed by atoms with E-state index < -0.39 is 6.10 Å². The van der Waals surface area contributed by atoms with Crippen LogP contribution in [0.25, 0.3) is 0 Å². The molecule has 7 heteroatoms. The molecule has 0 bridgehead atoms. The lowest BCUT2D eigenvalue weighted by molar-refractivity contribution is -0.131. The molecule has 0 aliphatic carbocycles. The molecule has 1 amide bonds. The van der Waals surface area contributed by atoms with Crippen LogP contribution in [0.2, 0.25) is 0 Å². The maximum Gasteiger partial charge on any atom is 0.256 e. The zero-order valence-corrected chi connectivity index (χ0v) is 14.7. The summed E-state index contributed by atoms with van der Waals surface area (Å²) in [5.74, 6) is 0.0760. The number of nitrogens with one attached hydrogen (secondary N) is 1. The van der Waals surface area contributed by atoms with Gasteiger partial charge in [-0.1, -0.05) is 36.4 Å². The molecule has 100 valence electrons. The molecule has 1 unspecified atom stereocenters. The second kappa shape index (κ2) is 6.94. The van der Waals surface area contributed by atoms with Crippen molar-refractivity contribution in [3.8, 4) is 0 Å². The zero-order valence-electron chi connectivity index (χ0n) is 10.4. The van der Waals surface area contributed by atoms with Crippen LogP contribution < -0.4 is 5.32 Å². The first-order valence-corrected chi connectivity index (χ1v) is 7.88. The average molecular weight is 475 g/mol. The van der Waals surface area contributed by atoms with E-state index in [2.05, 4.69) is 60.5 Å². The molecule has 0 radical (unpaired) electrons. The fourth-order valence-electron chi connectivity index (χ4n) is 1.40. The van der Waals surface area contributed by atoms with E-state index in [0.717, 1.165) is 8.00 Å². The Morgan fingerprint density at radius 3 is 2.50 bits per heavy atom. The van der Waals surface area contributed by atoms with Crippen molar-refractivity contribution in [2.24, 2.45) is 5.41 Å². The first kappa shape index (κ1) is 16.0. The molecule has 5 nitrogen and oxygen atoms in total. The molecule has 1 heterocycles. The smallest absolute Gasteiger partial charge is 0.256 e. The number of hydrogen-bond donors (Lipinski definition) is 1. The first-order chi connectivity index (χ1) is 8.40. The highest BCUT2D eigenvalue weighted by atomic mass is 127. The summed E-state index contributed by atoms with van der Waals surface area (Å²) in [5, 5.41) is 2.67. The van der Waals surface area contributed by atoms with Gasteiger partial charge in [0.1, 0.15) is 6.10 Å². The van der Waals surface area contributed by atoms with Crippen LogP contribution in [0.1, 0.15) is 13.8 Å². The maximum absolute atomic E-state index is 12.1. The number of carbonyl (C=O) groups is 1. The molecule has 0 aliphatic heterocycles. The van der Waals surface area contributed by atoms with Crippen LogP contribution in [0.4, 0.5) is 5.95 Å². The Morgan fingerprint density at radius 2 is 2.06 bits per heavy atom. The monoisotopic (exact) mass is 475 g/mol. The lowest BCUT2D eigenvalue weighted by Gasteiger charge is -2.29. The molecule has 0 spiro atoms. The summed E-state index contributed by atoms with van der Waals surface area (Å²) in [7, 11) is 1.53. The summed E-state index contributed by atoms with van der Waals surface area (Å²) in [5.41, 5.74) is -0.247. The van der Waals surface area contributed by atoms with Crippen molar-refractivity contribution in [1.82, 2.24) is 9.97 Å². The van der Waals surface area contributed by atoms with Gasteiger partial charge in [0.05, 0.1) is 0 Å². The maximum atomic E-state index is 12.1. The van der Waals surface area contributed by atoms with Gasteiger partial charge in [0, 0.05) is 32.9 Å². The van der Waals surface area contributed by atoms with E-state index in [4.69, 9.17) is 4.74 Å². The van der Waals surface area contributed by atoms with Gasteiger partial charge in [-0.05, 0) is 22.6 Å². The average Bonchev–Trinajstić information content (AvgIpc) is 2.32. The van der Waals surface area contributed by atoms with Crippen molar-refractivity contribution in [2.45, 2.75) is 20.0 Å². The van der Waals surface area contributed by atoms with Crippen molar-refractivity contribution < 1.29 is 9.53 Å². The number of hydrogen-bond acceptors (Lipinski definition) is 4. The molecular formula is C11H15I2N3O2. The number of aromatic nitrogens is 2. The summed E-state index contributed by atoms with van der Waals surface area (Å²) in [6.07, 6.45) is 2.76. The number of ether oxygens (including phenoxy) is 1. The molecule has 1 aromatic rings. The first-order valence-electron chi connectivity index (χ1n) is 5.28. The van der Waals surface area contributed by atoms with Gasteiger partial charge < -0.3 is 4.74 Å². The van der Waals surface area contributed by atoms with Gasteiger partial charge >= 0.3 is 0 Å². The number of amides is 1. The number of nitrogens with zero attached hydrogens (tertiary/aromatic N) is 2. The molecule has 18 heavy (non-hydrogen) atoms. The van der Waals surface area contributed by atoms with Crippen molar-refractivity contribution in [2.75, 3.05) is 16.9 Å². The minimum Gasteiger partial charge on any atom is -0.371 e. The van der Waals surface area contributed by atoms with Gasteiger partial charge in [-0.2, -0.15) is 0 Å². The largest absolute Gasteiger partial charge is 0.371 e. The molecule has 0 aliphatic rings. The molecule has 0 saturated heterocycles. The predicted octanol–water partition coefficient (Wildman–Crippen LogP) is 2.50. The van der Waals surface area contributed by atoms with Crippen molar-refractivity contribution in [1.29, 1.82) is 0 Å². The van der Waals surface area contributed by atoms with Gasteiger partial charge in [0.2, 0.25) is 5.95 Å². The van der Waals surface area contributed by atoms with E-state index in [1.165, 1.54) is 7.11 Å². The third kappa shape index (κ3) is 4.26. The Balaban J connectivity index is 2.77. The number of anilines is 1. The van der Waals surface area contributed by atoms with E-state index in [9.17, 15) is 4.79 Å². The molecule has 0 fully saturated rings. The number of halogens is 2. The van der Waals surface area contributed by atoms with E-state index in [0.29, 0.717) is 5.95 Å². The van der Waals surface area contributed by atoms with Gasteiger partial charge in [-0.25, -0.2) is 9.97 Å². The second-order valence-corrected chi connectivity index (χ2v) is 6.46. The molecule has 0 saturated carbocycles. The number of alkyl halides is 1. The summed E-state index contributed by atoms with van der Waals surface area (Å²) in [6, 6.07) is 0. The molecule has 1 rings (SSSR count). The number of rotatable bonds is 5. The lowest BCUT2D eigenvalue weighted by Crippen LogP contribution is -2.43. The van der Waals surface area contributed by atoms with E-state index in [1.54, 1.807) is 12.4 Å². The van der Waals surface area contributed by atoms with Gasteiger partial charge in [0.25, 0.3) is 5.91 Å². The Kier molecular flexibility index (Phi) is 6.18. The molecular weight excluding hydrogens is 460 g/mol. The van der Waals surface area contributed by atoms with Gasteiger partial charge in [-0.15, -0.1) is 0 Å². The van der Waals surface area contributed by atoms with Crippen LogP contribution in [0, 0.1) is 8.99 Å². The van der Waals surface area contributed by atoms with Crippen molar-refractivity contribution >= 4 is 57.0 Å². The Morgan fingerprint density at radius 1 is 1.50 bits per heavy atom. The second-order valence-electron chi connectivity index (χ2n) is 4.45. The third-order valence-corrected chi connectivity index (χ3v) is 4.91. The zero-order chi connectivity index (χ0) is 13.8. The van der Waals surface area contributed by atoms with Crippen molar-refractivity contribution in [3.63, 3.8) is 0 Å². The number of carbonyl (C=O) groups excluding carboxylic acids is 1. The SMILES string of the molecule is COC(C(=O)Nc1ncc(I)cn1)C(C)(C)CI. The normalized spacial score (nSPS) is 13.2. The quantitative estimate of drug-likeness (QED) is 0.526. The highest BCUT2D eigenvalue weighted by Crippen LogP contribution is 2.26. The van der Waals surface area contributed by atoms with E-state index >= 15 is 0 Å². The summed E-state index contributed by atoms with van der Waals surface area (Å²) in [6.45, 7) is 3.98. The standard InChI is InChI=1S/C11H15I2N3O2/c1-11(2,6-12)8(18-3)9(17)16-10-14-4-7(13)5-15-10/h4-5,8H,6H2,1-3H3,(H,14,15,16,17). The Bertz CT molecular complexity index is 409. The summed E-state index contributed by atoms with van der Waals surface area (Å²) in [4.78, 5) is 20.2. The third-order valence-electron chi connectivity index (χ3n) is 2.38.